The van der Waals surface area contributed by atoms with Gasteiger partial charge in [0.15, 0.2) is 0 Å². The number of aryl methyl sites for hydroxylation is 1. The van der Waals surface area contributed by atoms with Gasteiger partial charge in [0, 0.05) is 17.0 Å². The van der Waals surface area contributed by atoms with Gasteiger partial charge in [-0.3, -0.25) is 0 Å². The molecule has 1 aromatic heterocycles. The number of nitrogens with two attached hydrogens (primary N) is 1. The van der Waals surface area contributed by atoms with Gasteiger partial charge in [-0.2, -0.15) is 0 Å². The second-order valence-electron chi connectivity index (χ2n) is 4.43. The first-order valence-electron chi connectivity index (χ1n) is 5.90. The molecule has 2 aromatic rings. The molecule has 0 amide bonds. The van der Waals surface area contributed by atoms with E-state index in [1.807, 2.05) is 31.2 Å². The van der Waals surface area contributed by atoms with E-state index >= 15 is 0 Å². The Hall–Kier alpha value is -1.61. The highest BCUT2D eigenvalue weighted by molar-refractivity contribution is 5.84. The number of ether oxygens (including phenoxy) is 1. The molecule has 0 fully saturated rings. The number of rotatable bonds is 4. The zero-order valence-corrected chi connectivity index (χ0v) is 10.3. The quantitative estimate of drug-likeness (QED) is 0.878. The van der Waals surface area contributed by atoms with E-state index in [1.165, 1.54) is 0 Å². The van der Waals surface area contributed by atoms with Gasteiger partial charge in [-0.05, 0) is 25.6 Å². The fourth-order valence-electron chi connectivity index (χ4n) is 1.63. The predicted molar refractivity (Wildman–Crippen MR) is 70.2 cm³/mol. The molecule has 1 atom stereocenters. The Labute approximate surface area is 102 Å². The lowest BCUT2D eigenvalue weighted by molar-refractivity contribution is 0.266. The second-order valence-corrected chi connectivity index (χ2v) is 4.43. The smallest absolute Gasteiger partial charge is 0.145 e. The number of pyridine rings is 1. The van der Waals surface area contributed by atoms with Gasteiger partial charge in [0.2, 0.25) is 0 Å². The molecule has 0 aliphatic carbocycles. The summed E-state index contributed by atoms with van der Waals surface area (Å²) in [7, 11) is 0. The molecule has 0 aliphatic rings. The molecule has 2 rings (SSSR count). The largest absolute Gasteiger partial charge is 0.491 e. The third-order valence-corrected chi connectivity index (χ3v) is 2.75. The molecule has 0 bridgehead atoms. The van der Waals surface area contributed by atoms with Crippen LogP contribution in [0.15, 0.2) is 30.3 Å². The summed E-state index contributed by atoms with van der Waals surface area (Å²) in [6.07, 6.45) is 0. The van der Waals surface area contributed by atoms with Crippen LogP contribution < -0.4 is 10.5 Å². The van der Waals surface area contributed by atoms with E-state index in [4.69, 9.17) is 10.5 Å². The number of hydrogen-bond donors (Lipinski definition) is 1. The van der Waals surface area contributed by atoms with Crippen molar-refractivity contribution < 1.29 is 4.74 Å². The Kier molecular flexibility index (Phi) is 3.59. The number of aromatic nitrogens is 1. The van der Waals surface area contributed by atoms with Crippen molar-refractivity contribution in [3.8, 4) is 5.75 Å². The van der Waals surface area contributed by atoms with Crippen LogP contribution in [0.3, 0.4) is 0 Å². The van der Waals surface area contributed by atoms with E-state index < -0.39 is 0 Å². The summed E-state index contributed by atoms with van der Waals surface area (Å²) >= 11 is 0. The zero-order valence-electron chi connectivity index (χ0n) is 10.3. The van der Waals surface area contributed by atoms with E-state index in [2.05, 4.69) is 18.0 Å². The minimum Gasteiger partial charge on any atom is -0.491 e. The highest BCUT2D eigenvalue weighted by Gasteiger charge is 2.05. The Morgan fingerprint density at radius 2 is 2.12 bits per heavy atom. The maximum Gasteiger partial charge on any atom is 0.145 e. The fourth-order valence-corrected chi connectivity index (χ4v) is 1.63. The third-order valence-electron chi connectivity index (χ3n) is 2.75. The lowest BCUT2D eigenvalue weighted by atomic mass is 10.2. The number of hydrogen-bond acceptors (Lipinski definition) is 3. The first-order valence-corrected chi connectivity index (χ1v) is 5.90. The molecule has 90 valence electrons. The van der Waals surface area contributed by atoms with Crippen molar-refractivity contribution in [1.29, 1.82) is 0 Å². The molecule has 0 radical (unpaired) electrons. The average Bonchev–Trinajstić information content (AvgIpc) is 2.35. The third kappa shape index (κ3) is 2.74. The number of benzene rings is 1. The molecule has 1 aromatic carbocycles. The molecule has 0 spiro atoms. The summed E-state index contributed by atoms with van der Waals surface area (Å²) in [6.45, 7) is 5.32. The van der Waals surface area contributed by atoms with E-state index in [0.29, 0.717) is 19.1 Å². The van der Waals surface area contributed by atoms with E-state index in [1.54, 1.807) is 0 Å². The molecule has 1 heterocycles. The predicted octanol–water partition coefficient (Wildman–Crippen LogP) is 2.52. The van der Waals surface area contributed by atoms with E-state index in [-0.39, 0.29) is 0 Å². The first-order chi connectivity index (χ1) is 8.20. The van der Waals surface area contributed by atoms with Crippen molar-refractivity contribution in [2.75, 3.05) is 13.2 Å². The van der Waals surface area contributed by atoms with Gasteiger partial charge in [-0.25, -0.2) is 4.98 Å². The lowest BCUT2D eigenvalue weighted by Crippen LogP contribution is -2.18. The molecular formula is C14H18N2O. The molecule has 0 saturated heterocycles. The van der Waals surface area contributed by atoms with Crippen molar-refractivity contribution in [3.05, 3.63) is 36.0 Å². The fraction of sp³-hybridized carbons (Fsp3) is 0.357. The van der Waals surface area contributed by atoms with Crippen LogP contribution >= 0.6 is 0 Å². The molecule has 2 N–H and O–H groups in total. The topological polar surface area (TPSA) is 48.1 Å². The summed E-state index contributed by atoms with van der Waals surface area (Å²) in [4.78, 5) is 4.52. The van der Waals surface area contributed by atoms with Crippen LogP contribution in [0.1, 0.15) is 12.6 Å². The van der Waals surface area contributed by atoms with Crippen molar-refractivity contribution >= 4 is 10.9 Å². The Morgan fingerprint density at radius 1 is 1.29 bits per heavy atom. The Morgan fingerprint density at radius 3 is 2.88 bits per heavy atom. The standard InChI is InChI=1S/C14H18N2O/c1-10(8-15)9-17-13-5-3-4-12-7-6-11(2)16-14(12)13/h3-7,10H,8-9,15H2,1-2H3. The summed E-state index contributed by atoms with van der Waals surface area (Å²) in [5.74, 6) is 1.20. The van der Waals surface area contributed by atoms with Gasteiger partial charge in [0.25, 0.3) is 0 Å². The van der Waals surface area contributed by atoms with Crippen LogP contribution in [-0.2, 0) is 0 Å². The summed E-state index contributed by atoms with van der Waals surface area (Å²) in [5, 5.41) is 1.11. The maximum absolute atomic E-state index is 5.78. The van der Waals surface area contributed by atoms with Crippen molar-refractivity contribution in [2.45, 2.75) is 13.8 Å². The molecule has 0 saturated carbocycles. The van der Waals surface area contributed by atoms with Gasteiger partial charge in [-0.15, -0.1) is 0 Å². The van der Waals surface area contributed by atoms with Gasteiger partial charge >= 0.3 is 0 Å². The zero-order chi connectivity index (χ0) is 12.3. The summed E-state index contributed by atoms with van der Waals surface area (Å²) in [5.41, 5.74) is 7.51. The van der Waals surface area contributed by atoms with Crippen LogP contribution in [0.2, 0.25) is 0 Å². The van der Waals surface area contributed by atoms with Crippen LogP contribution in [0, 0.1) is 12.8 Å². The van der Waals surface area contributed by atoms with Crippen molar-refractivity contribution in [2.24, 2.45) is 11.7 Å². The monoisotopic (exact) mass is 230 g/mol. The van der Waals surface area contributed by atoms with E-state index in [0.717, 1.165) is 22.3 Å². The maximum atomic E-state index is 5.78. The van der Waals surface area contributed by atoms with Gasteiger partial charge in [0.05, 0.1) is 6.61 Å². The summed E-state index contributed by atoms with van der Waals surface area (Å²) < 4.78 is 5.78. The molecule has 3 nitrogen and oxygen atoms in total. The Bertz CT molecular complexity index is 511. The lowest BCUT2D eigenvalue weighted by Gasteiger charge is -2.12. The number of para-hydroxylation sites is 1. The van der Waals surface area contributed by atoms with Gasteiger partial charge < -0.3 is 10.5 Å². The van der Waals surface area contributed by atoms with Gasteiger partial charge in [0.1, 0.15) is 11.3 Å². The molecule has 0 aliphatic heterocycles. The number of fused-ring (bicyclic) bond motifs is 1. The van der Waals surface area contributed by atoms with Crippen molar-refractivity contribution in [3.63, 3.8) is 0 Å². The van der Waals surface area contributed by atoms with Crippen LogP contribution in [0.5, 0.6) is 5.75 Å². The van der Waals surface area contributed by atoms with Crippen LogP contribution in [0.25, 0.3) is 10.9 Å². The van der Waals surface area contributed by atoms with Gasteiger partial charge in [-0.1, -0.05) is 25.1 Å². The second kappa shape index (κ2) is 5.15. The normalized spacial score (nSPS) is 12.6. The highest BCUT2D eigenvalue weighted by Crippen LogP contribution is 2.24. The van der Waals surface area contributed by atoms with E-state index in [9.17, 15) is 0 Å². The molecule has 1 unspecified atom stereocenters. The summed E-state index contributed by atoms with van der Waals surface area (Å²) in [6, 6.07) is 10.1. The SMILES string of the molecule is Cc1ccc2cccc(OCC(C)CN)c2n1. The van der Waals surface area contributed by atoms with Crippen LogP contribution in [0.4, 0.5) is 0 Å². The number of nitrogens with zero attached hydrogens (tertiary/aromatic N) is 1. The Balaban J connectivity index is 2.30. The van der Waals surface area contributed by atoms with Crippen molar-refractivity contribution in [1.82, 2.24) is 4.98 Å². The minimum absolute atomic E-state index is 0.357. The average molecular weight is 230 g/mol. The highest BCUT2D eigenvalue weighted by atomic mass is 16.5. The molecule has 3 heteroatoms. The first kappa shape index (κ1) is 11.9. The van der Waals surface area contributed by atoms with Crippen LogP contribution in [-0.4, -0.2) is 18.1 Å². The minimum atomic E-state index is 0.357. The molecular weight excluding hydrogens is 212 g/mol. The molecule has 17 heavy (non-hydrogen) atoms.